The normalized spacial score (nSPS) is 19.5. The fraction of sp³-hybridized carbons (Fsp3) is 0.619. The molecule has 2 aromatic rings. The van der Waals surface area contributed by atoms with E-state index in [1.807, 2.05) is 28.7 Å². The lowest BCUT2D eigenvalue weighted by Gasteiger charge is -2.36. The fourth-order valence-corrected chi connectivity index (χ4v) is 4.39. The molecule has 0 spiro atoms. The van der Waals surface area contributed by atoms with Crippen LogP contribution in [0.15, 0.2) is 18.5 Å². The quantitative estimate of drug-likeness (QED) is 0.503. The second-order valence-electron chi connectivity index (χ2n) is 9.53. The molecule has 3 amide bonds. The van der Waals surface area contributed by atoms with Gasteiger partial charge in [0.1, 0.15) is 12.2 Å². The molecule has 0 aromatic carbocycles. The van der Waals surface area contributed by atoms with Crippen molar-refractivity contribution in [1.82, 2.24) is 24.8 Å². The van der Waals surface area contributed by atoms with E-state index in [1.165, 1.54) is 0 Å². The van der Waals surface area contributed by atoms with Crippen LogP contribution in [-0.4, -0.2) is 65.2 Å². The second-order valence-corrected chi connectivity index (χ2v) is 15.2. The van der Waals surface area contributed by atoms with E-state index in [0.29, 0.717) is 31.2 Å². The van der Waals surface area contributed by atoms with Crippen LogP contribution in [0.5, 0.6) is 0 Å². The molecule has 1 saturated heterocycles. The average Bonchev–Trinajstić information content (AvgIpc) is 3.08. The second kappa shape index (κ2) is 9.78. The molecule has 0 aliphatic carbocycles. The van der Waals surface area contributed by atoms with Crippen molar-refractivity contribution in [2.45, 2.75) is 58.7 Å². The number of ether oxygens (including phenoxy) is 1. The molecule has 3 heterocycles. The molecule has 2 unspecified atom stereocenters. The Labute approximate surface area is 184 Å². The van der Waals surface area contributed by atoms with Crippen LogP contribution in [0.25, 0.3) is 11.2 Å². The molecular formula is C21H34N6O3Si. The number of carbonyl (C=O) groups excluding carboxylic acids is 2. The first-order chi connectivity index (χ1) is 14.6. The Morgan fingerprint density at radius 2 is 2.10 bits per heavy atom. The standard InChI is InChI=1S/C21H34N6O3Si/c1-15-13-26(16(2)28)8-6-17(15)24-21(29)25-19-12-22-20-18(23-19)7-9-27(20)14-30-10-11-31(3,4)5/h7,9,12,15,17H,6,8,10-11,13-14H2,1-5H3,(H2,23,24,25,29). The summed E-state index contributed by atoms with van der Waals surface area (Å²) in [7, 11) is -1.11. The van der Waals surface area contributed by atoms with Crippen LogP contribution in [0.2, 0.25) is 25.7 Å². The third-order valence-electron chi connectivity index (χ3n) is 5.60. The monoisotopic (exact) mass is 446 g/mol. The van der Waals surface area contributed by atoms with E-state index >= 15 is 0 Å². The van der Waals surface area contributed by atoms with Crippen molar-refractivity contribution in [2.75, 3.05) is 25.0 Å². The van der Waals surface area contributed by atoms with Gasteiger partial charge in [-0.3, -0.25) is 10.1 Å². The first-order valence-electron chi connectivity index (χ1n) is 10.8. The SMILES string of the molecule is CC(=O)N1CCC(NC(=O)Nc2cnc3c(ccn3COCC[Si](C)(C)C)n2)C(C)C1. The summed E-state index contributed by atoms with van der Waals surface area (Å²) in [5.74, 6) is 0.662. The number of fused-ring (bicyclic) bond motifs is 1. The van der Waals surface area contributed by atoms with Gasteiger partial charge >= 0.3 is 6.03 Å². The van der Waals surface area contributed by atoms with Gasteiger partial charge in [0.05, 0.1) is 6.20 Å². The maximum Gasteiger partial charge on any atom is 0.320 e. The number of hydrogen-bond acceptors (Lipinski definition) is 5. The van der Waals surface area contributed by atoms with Gasteiger partial charge in [0, 0.05) is 46.9 Å². The molecule has 1 aliphatic heterocycles. The lowest BCUT2D eigenvalue weighted by atomic mass is 9.94. The predicted molar refractivity (Wildman–Crippen MR) is 124 cm³/mol. The molecule has 1 aliphatic rings. The van der Waals surface area contributed by atoms with Crippen LogP contribution in [0, 0.1) is 5.92 Å². The maximum atomic E-state index is 12.4. The maximum absolute atomic E-state index is 12.4. The summed E-state index contributed by atoms with van der Waals surface area (Å²) in [5.41, 5.74) is 1.43. The molecule has 9 nitrogen and oxygen atoms in total. The highest BCUT2D eigenvalue weighted by Crippen LogP contribution is 2.18. The number of rotatable bonds is 7. The van der Waals surface area contributed by atoms with Crippen LogP contribution < -0.4 is 10.6 Å². The number of nitrogens with one attached hydrogen (secondary N) is 2. The number of urea groups is 1. The zero-order valence-corrected chi connectivity index (χ0v) is 20.1. The molecule has 0 bridgehead atoms. The molecule has 1 fully saturated rings. The molecule has 3 rings (SSSR count). The third kappa shape index (κ3) is 6.51. The van der Waals surface area contributed by atoms with E-state index in [2.05, 4.69) is 40.2 Å². The van der Waals surface area contributed by atoms with Crippen molar-refractivity contribution in [3.63, 3.8) is 0 Å². The number of anilines is 1. The number of nitrogens with zero attached hydrogens (tertiary/aromatic N) is 4. The molecule has 2 atom stereocenters. The number of amides is 3. The zero-order chi connectivity index (χ0) is 22.6. The highest BCUT2D eigenvalue weighted by Gasteiger charge is 2.28. The number of carbonyl (C=O) groups is 2. The highest BCUT2D eigenvalue weighted by atomic mass is 28.3. The molecule has 10 heteroatoms. The Hall–Kier alpha value is -2.46. The number of aromatic nitrogens is 3. The highest BCUT2D eigenvalue weighted by molar-refractivity contribution is 6.76. The van der Waals surface area contributed by atoms with Gasteiger partial charge in [-0.25, -0.2) is 14.8 Å². The van der Waals surface area contributed by atoms with Crippen molar-refractivity contribution in [2.24, 2.45) is 5.92 Å². The third-order valence-corrected chi connectivity index (χ3v) is 7.30. The van der Waals surface area contributed by atoms with Gasteiger partial charge in [0.25, 0.3) is 0 Å². The summed E-state index contributed by atoms with van der Waals surface area (Å²) in [6.45, 7) is 13.1. The summed E-state index contributed by atoms with van der Waals surface area (Å²) < 4.78 is 7.72. The topological polar surface area (TPSA) is 101 Å². The Morgan fingerprint density at radius 3 is 2.77 bits per heavy atom. The van der Waals surface area contributed by atoms with Gasteiger partial charge in [-0.2, -0.15) is 0 Å². The predicted octanol–water partition coefficient (Wildman–Crippen LogP) is 3.12. The van der Waals surface area contributed by atoms with Crippen LogP contribution in [0.3, 0.4) is 0 Å². The fourth-order valence-electron chi connectivity index (χ4n) is 3.63. The zero-order valence-electron chi connectivity index (χ0n) is 19.1. The average molecular weight is 447 g/mol. The molecule has 0 radical (unpaired) electrons. The minimum Gasteiger partial charge on any atom is -0.361 e. The summed E-state index contributed by atoms with van der Waals surface area (Å²) in [6, 6.07) is 2.69. The van der Waals surface area contributed by atoms with Gasteiger partial charge < -0.3 is 19.5 Å². The minimum atomic E-state index is -1.11. The van der Waals surface area contributed by atoms with Gasteiger partial charge in [-0.15, -0.1) is 0 Å². The molecule has 0 saturated carbocycles. The summed E-state index contributed by atoms with van der Waals surface area (Å²) in [5, 5.41) is 5.77. The molecule has 2 N–H and O–H groups in total. The van der Waals surface area contributed by atoms with Gasteiger partial charge in [-0.1, -0.05) is 26.6 Å². The van der Waals surface area contributed by atoms with Crippen LogP contribution >= 0.6 is 0 Å². The van der Waals surface area contributed by atoms with Crippen molar-refractivity contribution < 1.29 is 14.3 Å². The number of piperidine rings is 1. The summed E-state index contributed by atoms with van der Waals surface area (Å²) >= 11 is 0. The van der Waals surface area contributed by atoms with E-state index in [4.69, 9.17) is 4.74 Å². The summed E-state index contributed by atoms with van der Waals surface area (Å²) in [6.07, 6.45) is 4.19. The summed E-state index contributed by atoms with van der Waals surface area (Å²) in [4.78, 5) is 34.8. The number of hydrogen-bond donors (Lipinski definition) is 2. The molecule has 2 aromatic heterocycles. The lowest BCUT2D eigenvalue weighted by Crippen LogP contribution is -2.51. The van der Waals surface area contributed by atoms with E-state index < -0.39 is 8.07 Å². The van der Waals surface area contributed by atoms with Crippen LogP contribution in [0.1, 0.15) is 20.3 Å². The minimum absolute atomic E-state index is 0.0154. The molecular weight excluding hydrogens is 412 g/mol. The largest absolute Gasteiger partial charge is 0.361 e. The number of likely N-dealkylation sites (tertiary alicyclic amines) is 1. The van der Waals surface area contributed by atoms with E-state index in [-0.39, 0.29) is 23.9 Å². The Balaban J connectivity index is 1.53. The van der Waals surface area contributed by atoms with Gasteiger partial charge in [-0.05, 0) is 24.4 Å². The van der Waals surface area contributed by atoms with E-state index in [0.717, 1.165) is 24.7 Å². The smallest absolute Gasteiger partial charge is 0.320 e. The first kappa shape index (κ1) is 23.2. The van der Waals surface area contributed by atoms with Crippen molar-refractivity contribution >= 4 is 37.0 Å². The van der Waals surface area contributed by atoms with E-state index in [1.54, 1.807) is 13.1 Å². The lowest BCUT2D eigenvalue weighted by molar-refractivity contribution is -0.130. The first-order valence-corrected chi connectivity index (χ1v) is 14.6. The van der Waals surface area contributed by atoms with Crippen molar-refractivity contribution in [3.05, 3.63) is 18.5 Å². The Bertz CT molecular complexity index is 925. The van der Waals surface area contributed by atoms with Gasteiger partial charge in [0.15, 0.2) is 11.5 Å². The Morgan fingerprint density at radius 1 is 1.32 bits per heavy atom. The van der Waals surface area contributed by atoms with Crippen molar-refractivity contribution in [3.8, 4) is 0 Å². The van der Waals surface area contributed by atoms with Crippen LogP contribution in [0.4, 0.5) is 10.6 Å². The molecule has 170 valence electrons. The van der Waals surface area contributed by atoms with E-state index in [9.17, 15) is 9.59 Å². The van der Waals surface area contributed by atoms with Gasteiger partial charge in [0.2, 0.25) is 5.91 Å². The molecule has 31 heavy (non-hydrogen) atoms. The Kier molecular flexibility index (Phi) is 7.32. The van der Waals surface area contributed by atoms with Crippen LogP contribution in [-0.2, 0) is 16.3 Å². The van der Waals surface area contributed by atoms with Crippen molar-refractivity contribution in [1.29, 1.82) is 0 Å².